The number of nitrogens with zero attached hydrogens (tertiary/aromatic N) is 2. The fraction of sp³-hybridized carbons (Fsp3) is 0.653. The number of ether oxygens (including phenoxy) is 1. The Morgan fingerprint density at radius 3 is 2.19 bits per heavy atom. The van der Waals surface area contributed by atoms with Crippen LogP contribution >= 0.6 is 7.60 Å². The molecule has 0 bridgehead atoms. The van der Waals surface area contributed by atoms with Crippen LogP contribution in [0, 0.1) is 22.0 Å². The van der Waals surface area contributed by atoms with Crippen molar-refractivity contribution in [1.29, 1.82) is 0 Å². The Labute approximate surface area is 410 Å². The average molecular weight is 1000 g/mol. The second-order valence-corrected chi connectivity index (χ2v) is 19.3. The lowest BCUT2D eigenvalue weighted by Gasteiger charge is -2.19. The smallest absolute Gasteiger partial charge is 0.330 e. The van der Waals surface area contributed by atoms with Gasteiger partial charge in [-0.1, -0.05) is 77.2 Å². The normalized spacial score (nSPS) is 16.4. The van der Waals surface area contributed by atoms with Crippen LogP contribution in [0.25, 0.3) is 0 Å². The van der Waals surface area contributed by atoms with Gasteiger partial charge in [-0.05, 0) is 64.0 Å². The van der Waals surface area contributed by atoms with Gasteiger partial charge in [-0.3, -0.25) is 48.2 Å². The minimum absolute atomic E-state index is 0.00979. The van der Waals surface area contributed by atoms with E-state index in [1.54, 1.807) is 6.92 Å². The van der Waals surface area contributed by atoms with Crippen molar-refractivity contribution in [3.63, 3.8) is 0 Å². The minimum Gasteiger partial charge on any atom is -0.390 e. The number of aliphatic hydroxyl groups is 1. The van der Waals surface area contributed by atoms with Gasteiger partial charge in [0.05, 0.1) is 41.5 Å². The number of ketones is 2. The third-order valence-electron chi connectivity index (χ3n) is 11.4. The highest BCUT2D eigenvalue weighted by molar-refractivity contribution is 7.52. The van der Waals surface area contributed by atoms with Crippen LogP contribution in [0.5, 0.6) is 0 Å². The molecular formula is C49H75N6O14P. The summed E-state index contributed by atoms with van der Waals surface area (Å²) in [5.74, 6) is 5.28. The van der Waals surface area contributed by atoms with Crippen molar-refractivity contribution in [2.24, 2.45) is 0 Å². The van der Waals surface area contributed by atoms with Gasteiger partial charge in [0.2, 0.25) is 17.7 Å². The second kappa shape index (κ2) is 33.3. The molecule has 0 spiro atoms. The lowest BCUT2D eigenvalue weighted by molar-refractivity contribution is -0.386. The third kappa shape index (κ3) is 24.5. The first-order valence-corrected chi connectivity index (χ1v) is 26.3. The van der Waals surface area contributed by atoms with Crippen molar-refractivity contribution in [3.8, 4) is 11.8 Å². The lowest BCUT2D eigenvalue weighted by atomic mass is 10.0. The second-order valence-electron chi connectivity index (χ2n) is 17.4. The van der Waals surface area contributed by atoms with E-state index >= 15 is 0 Å². The van der Waals surface area contributed by atoms with E-state index < -0.39 is 48.3 Å². The van der Waals surface area contributed by atoms with E-state index in [1.807, 2.05) is 6.92 Å². The van der Waals surface area contributed by atoms with Gasteiger partial charge in [-0.25, -0.2) is 4.79 Å². The Balaban J connectivity index is 0.000000671. The number of aromatic amines is 1. The van der Waals surface area contributed by atoms with E-state index in [0.29, 0.717) is 63.4 Å². The summed E-state index contributed by atoms with van der Waals surface area (Å²) in [5, 5.41) is 29.9. The predicted molar refractivity (Wildman–Crippen MR) is 264 cm³/mol. The number of rotatable bonds is 31. The first-order valence-electron chi connectivity index (χ1n) is 24.6. The Bertz CT molecular complexity index is 2250. The number of Topliss-reactive ketones (excluding diaryl/α,β-unsaturated/α-hetero) is 2. The Morgan fingerprint density at radius 1 is 0.914 bits per heavy atom. The number of carbonyl (C=O) groups excluding carboxylic acids is 5. The van der Waals surface area contributed by atoms with E-state index in [4.69, 9.17) is 9.26 Å². The molecule has 6 N–H and O–H groups in total. The molecule has 20 nitrogen and oxygen atoms in total. The van der Waals surface area contributed by atoms with Crippen LogP contribution in [0.3, 0.4) is 0 Å². The van der Waals surface area contributed by atoms with E-state index in [1.165, 1.54) is 49.2 Å². The van der Waals surface area contributed by atoms with Gasteiger partial charge in [0.25, 0.3) is 11.2 Å². The van der Waals surface area contributed by atoms with Crippen LogP contribution in [0.4, 0.5) is 5.69 Å². The van der Waals surface area contributed by atoms with Crippen LogP contribution in [0.2, 0.25) is 0 Å². The molecule has 1 aromatic carbocycles. The molecule has 21 heteroatoms. The quantitative estimate of drug-likeness (QED) is 0.0155. The Kier molecular flexibility index (Phi) is 28.9. The molecule has 1 saturated heterocycles. The van der Waals surface area contributed by atoms with Crippen molar-refractivity contribution in [1.82, 2.24) is 25.5 Å². The van der Waals surface area contributed by atoms with Gasteiger partial charge in [0, 0.05) is 70.3 Å². The molecule has 3 rings (SSSR count). The molecule has 1 fully saturated rings. The maximum atomic E-state index is 12.7. The number of hydrogen-bond donors (Lipinski definition) is 6. The van der Waals surface area contributed by atoms with E-state index in [-0.39, 0.29) is 84.6 Å². The minimum atomic E-state index is -4.10. The Morgan fingerprint density at radius 2 is 1.57 bits per heavy atom. The first kappa shape index (κ1) is 60.8. The molecule has 3 amide bonds. The van der Waals surface area contributed by atoms with Gasteiger partial charge in [-0.2, -0.15) is 0 Å². The Hall–Kier alpha value is -5.32. The third-order valence-corrected chi connectivity index (χ3v) is 12.9. The molecule has 5 atom stereocenters. The van der Waals surface area contributed by atoms with Crippen LogP contribution in [-0.4, -0.2) is 85.2 Å². The zero-order valence-electron chi connectivity index (χ0n) is 41.5. The van der Waals surface area contributed by atoms with Gasteiger partial charge >= 0.3 is 13.3 Å². The van der Waals surface area contributed by atoms with E-state index in [2.05, 4.69) is 39.7 Å². The molecule has 70 heavy (non-hydrogen) atoms. The molecule has 1 aliphatic rings. The summed E-state index contributed by atoms with van der Waals surface area (Å²) in [7, 11) is -4.10. The summed E-state index contributed by atoms with van der Waals surface area (Å²) < 4.78 is 25.0. The SMILES string of the molecule is CCC(=O)NCc1ccc([N+](=O)[O-])c(C(C)OP(=O)(O)CCCCCCC(=O)NCC#Cc2cn(C3CC(O)C(CC)O3)c(=O)[nH]c2=O)c1.CCCCCNC(=O)CCCCCCC(=O)CCC(C)=O. The molecular weight excluding hydrogens is 928 g/mol. The summed E-state index contributed by atoms with van der Waals surface area (Å²) in [6.45, 7) is 9.57. The number of nitro benzene ring substituents is 1. The number of H-pyrrole nitrogens is 1. The number of aromatic nitrogens is 2. The zero-order chi connectivity index (χ0) is 52.1. The van der Waals surface area contributed by atoms with E-state index in [9.17, 15) is 58.2 Å². The maximum Gasteiger partial charge on any atom is 0.330 e. The largest absolute Gasteiger partial charge is 0.390 e. The monoisotopic (exact) mass is 1000 g/mol. The number of unbranched alkanes of at least 4 members (excludes halogenated alkanes) is 8. The molecule has 1 aliphatic heterocycles. The number of amides is 3. The number of carbonyl (C=O) groups is 5. The summed E-state index contributed by atoms with van der Waals surface area (Å²) in [6.07, 6.45) is 10.4. The number of nitro groups is 1. The molecule has 0 aliphatic carbocycles. The van der Waals surface area contributed by atoms with Crippen molar-refractivity contribution in [2.45, 2.75) is 188 Å². The lowest BCUT2D eigenvalue weighted by Crippen LogP contribution is -2.33. The fourth-order valence-corrected chi connectivity index (χ4v) is 8.68. The predicted octanol–water partition coefficient (Wildman–Crippen LogP) is 6.48. The first-order chi connectivity index (χ1) is 33.3. The molecule has 390 valence electrons. The van der Waals surface area contributed by atoms with Crippen molar-refractivity contribution < 1.29 is 52.7 Å². The van der Waals surface area contributed by atoms with Crippen LogP contribution in [-0.2, 0) is 44.3 Å². The van der Waals surface area contributed by atoms with Gasteiger partial charge < -0.3 is 40.0 Å². The van der Waals surface area contributed by atoms with Crippen LogP contribution in [0.1, 0.15) is 186 Å². The van der Waals surface area contributed by atoms with Crippen molar-refractivity contribution >= 4 is 42.6 Å². The average Bonchev–Trinajstić information content (AvgIpc) is 3.70. The van der Waals surface area contributed by atoms with Gasteiger partial charge in [0.15, 0.2) is 0 Å². The van der Waals surface area contributed by atoms with Crippen LogP contribution < -0.4 is 27.2 Å². The fourth-order valence-electron chi connectivity index (χ4n) is 7.34. The number of nitrogens with one attached hydrogen (secondary N) is 4. The number of benzene rings is 1. The van der Waals surface area contributed by atoms with E-state index in [0.717, 1.165) is 45.1 Å². The molecule has 0 radical (unpaired) electrons. The molecule has 2 heterocycles. The number of hydrogen-bond acceptors (Lipinski definition) is 13. The highest BCUT2D eigenvalue weighted by Gasteiger charge is 2.34. The molecule has 1 aromatic heterocycles. The molecule has 2 aromatic rings. The molecule has 0 saturated carbocycles. The summed E-state index contributed by atoms with van der Waals surface area (Å²) >= 11 is 0. The van der Waals surface area contributed by atoms with Gasteiger partial charge in [0.1, 0.15) is 23.4 Å². The summed E-state index contributed by atoms with van der Waals surface area (Å²) in [6, 6.07) is 4.26. The van der Waals surface area contributed by atoms with Gasteiger partial charge in [-0.15, -0.1) is 0 Å². The number of aliphatic hydroxyl groups excluding tert-OH is 1. The summed E-state index contributed by atoms with van der Waals surface area (Å²) in [5.41, 5.74) is -0.896. The molecule has 5 unspecified atom stereocenters. The highest BCUT2D eigenvalue weighted by Crippen LogP contribution is 2.48. The standard InChI is InChI=1S/C32H44N5O11P.C17H31NO3/c1-4-27-26(38)18-30(47-27)36-20-23(31(41)35-32(36)42)11-10-15-33-29(40)12-8-6-7-9-16-49(45,46)48-21(3)24-17-22(19-34-28(39)5-2)13-14-25(24)37(43)44;1-3-4-9-14-18-17(21)11-8-6-5-7-10-16(20)13-12-15(2)19/h13-14,17,20-21,26-27,30,38H,4-9,12,15-16,18-19H2,1-3H3,(H,33,40)(H,34,39)(H,45,46)(H,35,41,42);3-14H2,1-2H3,(H,18,21). The topological polar surface area (TPSA) is 295 Å². The van der Waals surface area contributed by atoms with Crippen molar-refractivity contribution in [3.05, 3.63) is 72.0 Å². The van der Waals surface area contributed by atoms with Crippen molar-refractivity contribution in [2.75, 3.05) is 19.3 Å². The maximum absolute atomic E-state index is 12.7. The van der Waals surface area contributed by atoms with Crippen LogP contribution in [0.15, 0.2) is 34.0 Å². The summed E-state index contributed by atoms with van der Waals surface area (Å²) in [4.78, 5) is 106. The highest BCUT2D eigenvalue weighted by atomic mass is 31.2. The zero-order valence-corrected chi connectivity index (χ0v) is 42.4.